The number of carbonyl (C=O) groups is 1. The third-order valence-corrected chi connectivity index (χ3v) is 6.05. The first-order valence-electron chi connectivity index (χ1n) is 8.96. The molecule has 8 heteroatoms. The second kappa shape index (κ2) is 8.14. The fourth-order valence-corrected chi connectivity index (χ4v) is 4.38. The minimum absolute atomic E-state index is 0.0357. The van der Waals surface area contributed by atoms with E-state index in [1.807, 2.05) is 0 Å². The van der Waals surface area contributed by atoms with Gasteiger partial charge in [0.2, 0.25) is 0 Å². The van der Waals surface area contributed by atoms with E-state index in [9.17, 15) is 13.2 Å². The number of nitrogens with one attached hydrogen (secondary N) is 2. The highest BCUT2D eigenvalue weighted by Gasteiger charge is 2.21. The van der Waals surface area contributed by atoms with Gasteiger partial charge in [-0.15, -0.1) is 0 Å². The van der Waals surface area contributed by atoms with Gasteiger partial charge >= 0.3 is 0 Å². The molecule has 4 rings (SSSR count). The van der Waals surface area contributed by atoms with E-state index in [1.54, 1.807) is 66.7 Å². The Labute approximate surface area is 178 Å². The van der Waals surface area contributed by atoms with E-state index in [2.05, 4.69) is 15.0 Å². The lowest BCUT2D eigenvalue weighted by atomic mass is 10.1. The number of hydrogen-bond donors (Lipinski definition) is 2. The lowest BCUT2D eigenvalue weighted by Gasteiger charge is -2.14. The van der Waals surface area contributed by atoms with Crippen molar-refractivity contribution in [2.24, 2.45) is 0 Å². The minimum atomic E-state index is -3.98. The molecule has 2 N–H and O–H groups in total. The van der Waals surface area contributed by atoms with Crippen LogP contribution < -0.4 is 10.0 Å². The number of para-hydroxylation sites is 2. The number of fused-ring (bicyclic) bond motifs is 1. The Morgan fingerprint density at radius 3 is 2.40 bits per heavy atom. The van der Waals surface area contributed by atoms with Crippen LogP contribution in [0, 0.1) is 0 Å². The maximum absolute atomic E-state index is 13.1. The largest absolute Gasteiger partial charge is 0.322 e. The lowest BCUT2D eigenvalue weighted by Crippen LogP contribution is -2.19. The van der Waals surface area contributed by atoms with E-state index >= 15 is 0 Å². The average molecular weight is 438 g/mol. The molecule has 0 fully saturated rings. The van der Waals surface area contributed by atoms with E-state index in [0.717, 1.165) is 0 Å². The summed E-state index contributed by atoms with van der Waals surface area (Å²) in [4.78, 5) is 17.0. The maximum Gasteiger partial charge on any atom is 0.264 e. The van der Waals surface area contributed by atoms with Gasteiger partial charge in [0.1, 0.15) is 4.90 Å². The van der Waals surface area contributed by atoms with Crippen molar-refractivity contribution >= 4 is 49.8 Å². The summed E-state index contributed by atoms with van der Waals surface area (Å²) in [5.74, 6) is -0.452. The van der Waals surface area contributed by atoms with Crippen molar-refractivity contribution in [1.29, 1.82) is 0 Å². The van der Waals surface area contributed by atoms with Crippen LogP contribution in [0.3, 0.4) is 0 Å². The Bertz CT molecular complexity index is 1330. The molecule has 0 aliphatic heterocycles. The fourth-order valence-electron chi connectivity index (χ4n) is 2.99. The molecule has 0 unspecified atom stereocenters. The molecule has 0 aliphatic carbocycles. The van der Waals surface area contributed by atoms with Crippen molar-refractivity contribution in [3.8, 4) is 0 Å². The second-order valence-electron chi connectivity index (χ2n) is 6.44. The predicted octanol–water partition coefficient (Wildman–Crippen LogP) is 4.94. The SMILES string of the molecule is O=C(Nc1ccc(Cl)cc1)c1ccccc1NS(=O)(=O)c1cccc2cccnc12. The molecule has 4 aromatic rings. The molecular weight excluding hydrogens is 422 g/mol. The first-order valence-corrected chi connectivity index (χ1v) is 10.8. The van der Waals surface area contributed by atoms with Crippen molar-refractivity contribution < 1.29 is 13.2 Å². The zero-order valence-electron chi connectivity index (χ0n) is 15.5. The number of aromatic nitrogens is 1. The van der Waals surface area contributed by atoms with Gasteiger partial charge in [-0.05, 0) is 48.5 Å². The molecule has 0 atom stereocenters. The molecule has 6 nitrogen and oxygen atoms in total. The summed E-state index contributed by atoms with van der Waals surface area (Å²) in [6, 6.07) is 21.5. The van der Waals surface area contributed by atoms with Crippen molar-refractivity contribution in [2.45, 2.75) is 4.90 Å². The summed E-state index contributed by atoms with van der Waals surface area (Å²) >= 11 is 5.87. The molecule has 150 valence electrons. The van der Waals surface area contributed by atoms with Gasteiger partial charge in [-0.25, -0.2) is 8.42 Å². The molecule has 1 amide bonds. The van der Waals surface area contributed by atoms with Crippen LogP contribution in [-0.4, -0.2) is 19.3 Å². The lowest BCUT2D eigenvalue weighted by molar-refractivity contribution is 0.102. The highest BCUT2D eigenvalue weighted by molar-refractivity contribution is 7.93. The highest BCUT2D eigenvalue weighted by atomic mass is 35.5. The van der Waals surface area contributed by atoms with Crippen LogP contribution in [0.2, 0.25) is 5.02 Å². The predicted molar refractivity (Wildman–Crippen MR) is 118 cm³/mol. The van der Waals surface area contributed by atoms with Crippen LogP contribution >= 0.6 is 11.6 Å². The van der Waals surface area contributed by atoms with Crippen LogP contribution in [0.5, 0.6) is 0 Å². The second-order valence-corrected chi connectivity index (χ2v) is 8.53. The third kappa shape index (κ3) is 4.12. The van der Waals surface area contributed by atoms with Gasteiger partial charge in [0.15, 0.2) is 0 Å². The molecule has 30 heavy (non-hydrogen) atoms. The monoisotopic (exact) mass is 437 g/mol. The van der Waals surface area contributed by atoms with Crippen LogP contribution in [0.15, 0.2) is 90.0 Å². The van der Waals surface area contributed by atoms with Gasteiger partial charge in [-0.1, -0.05) is 41.9 Å². The van der Waals surface area contributed by atoms with Gasteiger partial charge in [-0.2, -0.15) is 0 Å². The van der Waals surface area contributed by atoms with E-state index in [0.29, 0.717) is 21.6 Å². The number of anilines is 2. The summed E-state index contributed by atoms with van der Waals surface area (Å²) in [6.45, 7) is 0. The molecule has 1 aromatic heterocycles. The molecule has 0 spiro atoms. The summed E-state index contributed by atoms with van der Waals surface area (Å²) in [5.41, 5.74) is 1.25. The number of halogens is 1. The number of nitrogens with zero attached hydrogens (tertiary/aromatic N) is 1. The molecule has 1 heterocycles. The van der Waals surface area contributed by atoms with Crippen LogP contribution in [0.4, 0.5) is 11.4 Å². The highest BCUT2D eigenvalue weighted by Crippen LogP contribution is 2.25. The Hall–Kier alpha value is -3.42. The summed E-state index contributed by atoms with van der Waals surface area (Å²) in [7, 11) is -3.98. The molecule has 0 radical (unpaired) electrons. The fraction of sp³-hybridized carbons (Fsp3) is 0. The van der Waals surface area contributed by atoms with Gasteiger partial charge < -0.3 is 5.32 Å². The van der Waals surface area contributed by atoms with Crippen molar-refractivity contribution in [1.82, 2.24) is 4.98 Å². The Balaban J connectivity index is 1.66. The molecular formula is C22H16ClN3O3S. The van der Waals surface area contributed by atoms with E-state index in [1.165, 1.54) is 18.3 Å². The number of hydrogen-bond acceptors (Lipinski definition) is 4. The zero-order valence-corrected chi connectivity index (χ0v) is 17.1. The number of carbonyl (C=O) groups excluding carboxylic acids is 1. The van der Waals surface area contributed by atoms with Crippen molar-refractivity contribution in [3.05, 3.63) is 95.6 Å². The van der Waals surface area contributed by atoms with E-state index < -0.39 is 15.9 Å². The Morgan fingerprint density at radius 2 is 1.60 bits per heavy atom. The number of sulfonamides is 1. The summed E-state index contributed by atoms with van der Waals surface area (Å²) < 4.78 is 28.7. The third-order valence-electron chi connectivity index (χ3n) is 4.40. The zero-order chi connectivity index (χ0) is 21.1. The minimum Gasteiger partial charge on any atom is -0.322 e. The molecule has 3 aromatic carbocycles. The first-order chi connectivity index (χ1) is 14.4. The van der Waals surface area contributed by atoms with Gasteiger partial charge in [0.25, 0.3) is 15.9 Å². The van der Waals surface area contributed by atoms with Gasteiger partial charge in [-0.3, -0.25) is 14.5 Å². The van der Waals surface area contributed by atoms with Gasteiger partial charge in [0, 0.05) is 22.3 Å². The van der Waals surface area contributed by atoms with Crippen molar-refractivity contribution in [2.75, 3.05) is 10.0 Å². The topological polar surface area (TPSA) is 88.2 Å². The standard InChI is InChI=1S/C22H16ClN3O3S/c23-16-10-12-17(13-11-16)25-22(27)18-7-1-2-8-19(18)26-30(28,29)20-9-3-5-15-6-4-14-24-21(15)20/h1-14,26H,(H,25,27). The summed E-state index contributed by atoms with van der Waals surface area (Å²) in [6.07, 6.45) is 1.54. The number of rotatable bonds is 5. The van der Waals surface area contributed by atoms with E-state index in [4.69, 9.17) is 11.6 Å². The normalized spacial score (nSPS) is 11.2. The molecule has 0 saturated carbocycles. The quantitative estimate of drug-likeness (QED) is 0.462. The smallest absolute Gasteiger partial charge is 0.264 e. The van der Waals surface area contributed by atoms with Crippen LogP contribution in [0.1, 0.15) is 10.4 Å². The average Bonchev–Trinajstić information content (AvgIpc) is 2.75. The summed E-state index contributed by atoms with van der Waals surface area (Å²) in [5, 5.41) is 3.99. The van der Waals surface area contributed by atoms with Crippen LogP contribution in [0.25, 0.3) is 10.9 Å². The number of benzene rings is 3. The molecule has 0 saturated heterocycles. The van der Waals surface area contributed by atoms with Gasteiger partial charge in [0.05, 0.1) is 16.8 Å². The molecule has 0 aliphatic rings. The van der Waals surface area contributed by atoms with Crippen LogP contribution in [-0.2, 0) is 10.0 Å². The van der Waals surface area contributed by atoms with E-state index in [-0.39, 0.29) is 16.1 Å². The first kappa shape index (κ1) is 19.9. The maximum atomic E-state index is 13.1. The van der Waals surface area contributed by atoms with Crippen molar-refractivity contribution in [3.63, 3.8) is 0 Å². The number of amides is 1. The number of pyridine rings is 1. The Morgan fingerprint density at radius 1 is 0.867 bits per heavy atom. The Kier molecular flexibility index (Phi) is 5.39. The molecule has 0 bridgehead atoms.